The molecule has 0 aromatic carbocycles. The van der Waals surface area contributed by atoms with Crippen LogP contribution in [-0.4, -0.2) is 38.2 Å². The molecular weight excluding hydrogens is 312 g/mol. The minimum Gasteiger partial charge on any atom is -0.466 e. The van der Waals surface area contributed by atoms with Crippen LogP contribution in [0.1, 0.15) is 41.0 Å². The summed E-state index contributed by atoms with van der Waals surface area (Å²) in [4.78, 5) is 31.2. The zero-order valence-electron chi connectivity index (χ0n) is 15.7. The van der Waals surface area contributed by atoms with Gasteiger partial charge in [0.15, 0.2) is 0 Å². The van der Waals surface area contributed by atoms with Gasteiger partial charge in [0, 0.05) is 16.7 Å². The predicted octanol–water partition coefficient (Wildman–Crippen LogP) is 3.38. The van der Waals surface area contributed by atoms with Gasteiger partial charge < -0.3 is 14.2 Å². The van der Waals surface area contributed by atoms with Crippen LogP contribution in [0.25, 0.3) is 0 Å². The largest absolute Gasteiger partial charge is 0.466 e. The Morgan fingerprint density at radius 2 is 1.12 bits per heavy atom. The lowest BCUT2D eigenvalue weighted by Crippen LogP contribution is -2.04. The molecule has 0 aromatic heterocycles. The molecule has 0 amide bonds. The van der Waals surface area contributed by atoms with E-state index in [1.165, 1.54) is 7.11 Å². The molecule has 0 saturated carbocycles. The fourth-order valence-electron chi connectivity index (χ4n) is 0.746. The molecule has 0 bridgehead atoms. The second-order valence-electron chi connectivity index (χ2n) is 4.69. The third-order valence-corrected chi connectivity index (χ3v) is 1.94. The Labute approximate surface area is 145 Å². The van der Waals surface area contributed by atoms with Crippen LogP contribution in [-0.2, 0) is 28.6 Å². The Kier molecular flexibility index (Phi) is 18.8. The minimum absolute atomic E-state index is 0.295. The average Bonchev–Trinajstić information content (AvgIpc) is 2.52. The molecule has 0 atom stereocenters. The van der Waals surface area contributed by atoms with Crippen molar-refractivity contribution in [1.82, 2.24) is 0 Å². The van der Waals surface area contributed by atoms with Crippen LogP contribution in [0.2, 0.25) is 0 Å². The van der Waals surface area contributed by atoms with Crippen LogP contribution >= 0.6 is 0 Å². The molecule has 0 aliphatic carbocycles. The molecule has 0 rings (SSSR count). The smallest absolute Gasteiger partial charge is 0.333 e. The Balaban J connectivity index is -0.000000278. The predicted molar refractivity (Wildman–Crippen MR) is 94.3 cm³/mol. The lowest BCUT2D eigenvalue weighted by molar-refractivity contribution is -0.139. The second kappa shape index (κ2) is 17.0. The summed E-state index contributed by atoms with van der Waals surface area (Å²) in [5.74, 6) is -0.954. The van der Waals surface area contributed by atoms with Gasteiger partial charge in [-0.25, -0.2) is 14.4 Å². The van der Waals surface area contributed by atoms with E-state index in [1.54, 1.807) is 27.7 Å². The maximum Gasteiger partial charge on any atom is 0.333 e. The van der Waals surface area contributed by atoms with Gasteiger partial charge in [-0.05, 0) is 34.1 Å². The summed E-state index contributed by atoms with van der Waals surface area (Å²) in [6, 6.07) is 0. The Morgan fingerprint density at radius 3 is 1.29 bits per heavy atom. The van der Waals surface area contributed by atoms with Crippen LogP contribution in [0, 0.1) is 0 Å². The number of hydrogen-bond donors (Lipinski definition) is 0. The van der Waals surface area contributed by atoms with E-state index in [0.29, 0.717) is 29.9 Å². The van der Waals surface area contributed by atoms with Gasteiger partial charge in [-0.15, -0.1) is 0 Å². The Morgan fingerprint density at radius 1 is 0.750 bits per heavy atom. The molecule has 6 heteroatoms. The zero-order valence-corrected chi connectivity index (χ0v) is 15.7. The van der Waals surface area contributed by atoms with E-state index >= 15 is 0 Å². The highest BCUT2D eigenvalue weighted by molar-refractivity contribution is 5.87. The van der Waals surface area contributed by atoms with Gasteiger partial charge in [0.25, 0.3) is 0 Å². The standard InChI is InChI=1S/C7H12O2.C6H10O2.C5H8O2/c1-4-5-9-7(8)6(2)3;1-4-8-6(7)5(2)3;1-4(2)5(6)7-3/h2,4-5H2,1,3H3;2,4H2,1,3H3;1H2,2-3H3. The van der Waals surface area contributed by atoms with Crippen molar-refractivity contribution < 1.29 is 28.6 Å². The summed E-state index contributed by atoms with van der Waals surface area (Å²) in [7, 11) is 1.33. The minimum atomic E-state index is -0.347. The van der Waals surface area contributed by atoms with E-state index in [4.69, 9.17) is 4.74 Å². The first-order valence-corrected chi connectivity index (χ1v) is 7.44. The maximum atomic E-state index is 10.6. The Hall–Kier alpha value is -2.37. The number of methoxy groups -OCH3 is 1. The van der Waals surface area contributed by atoms with Crippen LogP contribution in [0.5, 0.6) is 0 Å². The fourth-order valence-corrected chi connectivity index (χ4v) is 0.746. The summed E-state index contributed by atoms with van der Waals surface area (Å²) < 4.78 is 13.6. The average molecular weight is 342 g/mol. The molecule has 0 spiro atoms. The van der Waals surface area contributed by atoms with Gasteiger partial charge in [0.05, 0.1) is 20.3 Å². The van der Waals surface area contributed by atoms with E-state index in [2.05, 4.69) is 29.2 Å². The number of carbonyl (C=O) groups is 3. The molecular formula is C18H30O6. The van der Waals surface area contributed by atoms with Gasteiger partial charge in [-0.1, -0.05) is 26.7 Å². The van der Waals surface area contributed by atoms with Crippen LogP contribution in [0.15, 0.2) is 36.5 Å². The summed E-state index contributed by atoms with van der Waals surface area (Å²) in [6.07, 6.45) is 0.860. The van der Waals surface area contributed by atoms with Crippen molar-refractivity contribution >= 4 is 17.9 Å². The molecule has 0 saturated heterocycles. The Bertz CT molecular complexity index is 448. The number of esters is 3. The second-order valence-corrected chi connectivity index (χ2v) is 4.69. The summed E-state index contributed by atoms with van der Waals surface area (Å²) >= 11 is 0. The lowest BCUT2D eigenvalue weighted by atomic mass is 10.4. The maximum absolute atomic E-state index is 10.6. The van der Waals surface area contributed by atoms with Crippen LogP contribution in [0.3, 0.4) is 0 Å². The van der Waals surface area contributed by atoms with Gasteiger partial charge in [-0.3, -0.25) is 0 Å². The first-order valence-electron chi connectivity index (χ1n) is 7.44. The number of carbonyl (C=O) groups excluding carboxylic acids is 3. The summed E-state index contributed by atoms with van der Waals surface area (Å²) in [5.41, 5.74) is 1.35. The molecule has 24 heavy (non-hydrogen) atoms. The van der Waals surface area contributed by atoms with Crippen molar-refractivity contribution in [2.75, 3.05) is 20.3 Å². The summed E-state index contributed by atoms with van der Waals surface area (Å²) in [6.45, 7) is 19.7. The van der Waals surface area contributed by atoms with Gasteiger partial charge >= 0.3 is 17.9 Å². The molecule has 0 fully saturated rings. The SMILES string of the molecule is C=C(C)C(=O)OC.C=C(C)C(=O)OCC.C=C(C)C(=O)OCCC. The van der Waals surface area contributed by atoms with E-state index < -0.39 is 0 Å². The summed E-state index contributed by atoms with van der Waals surface area (Å²) in [5, 5.41) is 0. The van der Waals surface area contributed by atoms with Crippen molar-refractivity contribution in [2.45, 2.75) is 41.0 Å². The number of hydrogen-bond acceptors (Lipinski definition) is 6. The molecule has 0 aliphatic heterocycles. The van der Waals surface area contributed by atoms with Crippen molar-refractivity contribution in [1.29, 1.82) is 0 Å². The topological polar surface area (TPSA) is 78.9 Å². The number of rotatable bonds is 6. The third kappa shape index (κ3) is 19.6. The van der Waals surface area contributed by atoms with E-state index in [0.717, 1.165) is 6.42 Å². The molecule has 0 N–H and O–H groups in total. The first kappa shape index (κ1) is 26.5. The molecule has 138 valence electrons. The fraction of sp³-hybridized carbons (Fsp3) is 0.500. The zero-order chi connectivity index (χ0) is 19.7. The monoisotopic (exact) mass is 342 g/mol. The third-order valence-electron chi connectivity index (χ3n) is 1.94. The molecule has 6 nitrogen and oxygen atoms in total. The number of ether oxygens (including phenoxy) is 3. The van der Waals surface area contributed by atoms with E-state index in [9.17, 15) is 14.4 Å². The van der Waals surface area contributed by atoms with Crippen LogP contribution < -0.4 is 0 Å². The van der Waals surface area contributed by atoms with E-state index in [-0.39, 0.29) is 17.9 Å². The molecule has 0 unspecified atom stereocenters. The van der Waals surface area contributed by atoms with Gasteiger partial charge in [0.2, 0.25) is 0 Å². The van der Waals surface area contributed by atoms with Crippen molar-refractivity contribution in [3.05, 3.63) is 36.5 Å². The highest BCUT2D eigenvalue weighted by Gasteiger charge is 1.99. The highest BCUT2D eigenvalue weighted by atomic mass is 16.5. The van der Waals surface area contributed by atoms with E-state index in [1.807, 2.05) is 6.92 Å². The van der Waals surface area contributed by atoms with Crippen LogP contribution in [0.4, 0.5) is 0 Å². The normalized spacial score (nSPS) is 8.25. The molecule has 0 aliphatic rings. The van der Waals surface area contributed by atoms with Crippen molar-refractivity contribution in [3.63, 3.8) is 0 Å². The molecule has 0 heterocycles. The van der Waals surface area contributed by atoms with Gasteiger partial charge in [0.1, 0.15) is 0 Å². The first-order chi connectivity index (χ1) is 11.0. The molecule has 0 aromatic rings. The highest BCUT2D eigenvalue weighted by Crippen LogP contribution is 1.92. The van der Waals surface area contributed by atoms with Crippen molar-refractivity contribution in [2.24, 2.45) is 0 Å². The lowest BCUT2D eigenvalue weighted by Gasteiger charge is -1.99. The molecule has 0 radical (unpaired) electrons. The van der Waals surface area contributed by atoms with Crippen molar-refractivity contribution in [3.8, 4) is 0 Å². The quantitative estimate of drug-likeness (QED) is 0.418. The van der Waals surface area contributed by atoms with Gasteiger partial charge in [-0.2, -0.15) is 0 Å².